The van der Waals surface area contributed by atoms with Crippen molar-refractivity contribution in [2.75, 3.05) is 38.6 Å². The summed E-state index contributed by atoms with van der Waals surface area (Å²) in [5.41, 5.74) is 2.05. The third kappa shape index (κ3) is 7.46. The van der Waals surface area contributed by atoms with Crippen LogP contribution in [-0.2, 0) is 26.0 Å². The molecular formula is C31H38N4O6S. The minimum absolute atomic E-state index is 0.0663. The second kappa shape index (κ2) is 13.3. The van der Waals surface area contributed by atoms with Crippen LogP contribution in [0.5, 0.6) is 5.75 Å². The lowest BCUT2D eigenvalue weighted by atomic mass is 10.0. The van der Waals surface area contributed by atoms with Crippen LogP contribution in [0, 0.1) is 12.8 Å². The number of nitrogens with one attached hydrogen (secondary N) is 1. The number of methoxy groups -OCH3 is 1. The molecule has 224 valence electrons. The summed E-state index contributed by atoms with van der Waals surface area (Å²) in [5.74, 6) is -0.214. The SMILES string of the molecule is CO[C@@H]1CN(C)C(=O)c2cc(NS(=O)(=O)c3cccc(C)c3)ccc2OC[C@@H](C)N(C(=O)Cc2cccnc2)C[C@H]1C. The molecule has 2 amide bonds. The molecular weight excluding hydrogens is 556 g/mol. The topological polar surface area (TPSA) is 118 Å². The van der Waals surface area contributed by atoms with E-state index in [1.807, 2.05) is 32.9 Å². The highest BCUT2D eigenvalue weighted by Crippen LogP contribution is 2.28. The van der Waals surface area contributed by atoms with Gasteiger partial charge in [-0.1, -0.05) is 25.1 Å². The summed E-state index contributed by atoms with van der Waals surface area (Å²) in [6.07, 6.45) is 3.19. The minimum Gasteiger partial charge on any atom is -0.491 e. The van der Waals surface area contributed by atoms with Crippen LogP contribution in [0.1, 0.15) is 35.3 Å². The number of carbonyl (C=O) groups excluding carboxylic acids is 2. The summed E-state index contributed by atoms with van der Waals surface area (Å²) in [7, 11) is -0.639. The van der Waals surface area contributed by atoms with Crippen LogP contribution in [0.4, 0.5) is 5.69 Å². The maximum Gasteiger partial charge on any atom is 0.261 e. The molecule has 1 aliphatic rings. The second-order valence-electron chi connectivity index (χ2n) is 10.8. The lowest BCUT2D eigenvalue weighted by Gasteiger charge is -2.36. The highest BCUT2D eigenvalue weighted by Gasteiger charge is 2.30. The Balaban J connectivity index is 1.65. The number of amides is 2. The summed E-state index contributed by atoms with van der Waals surface area (Å²) in [6.45, 7) is 6.50. The second-order valence-corrected chi connectivity index (χ2v) is 12.5. The third-order valence-corrected chi connectivity index (χ3v) is 8.77. The average molecular weight is 595 g/mol. The molecule has 11 heteroatoms. The van der Waals surface area contributed by atoms with Gasteiger partial charge in [0.15, 0.2) is 0 Å². The molecule has 2 heterocycles. The van der Waals surface area contributed by atoms with Gasteiger partial charge in [0.05, 0.1) is 29.0 Å². The number of nitrogens with zero attached hydrogens (tertiary/aromatic N) is 3. The normalized spacial score (nSPS) is 20.1. The van der Waals surface area contributed by atoms with E-state index in [4.69, 9.17) is 9.47 Å². The van der Waals surface area contributed by atoms with Crippen molar-refractivity contribution in [3.05, 3.63) is 83.7 Å². The molecule has 2 aromatic carbocycles. The van der Waals surface area contributed by atoms with E-state index in [1.54, 1.807) is 61.8 Å². The Hall–Kier alpha value is -3.96. The largest absolute Gasteiger partial charge is 0.491 e. The third-order valence-electron chi connectivity index (χ3n) is 7.40. The Morgan fingerprint density at radius 1 is 1.12 bits per heavy atom. The standard InChI is InChI=1S/C31H38N4O6S/c1-21-8-6-10-26(14-21)42(38,39)33-25-11-12-28-27(16-25)31(37)34(4)19-29(40-5)22(2)18-35(23(3)20-41-28)30(36)15-24-9-7-13-32-17-24/h6-14,16-17,22-23,29,33H,15,18-20H2,1-5H3/t22-,23-,29-/m1/s1. The first-order valence-corrected chi connectivity index (χ1v) is 15.3. The van der Waals surface area contributed by atoms with Crippen molar-refractivity contribution < 1.29 is 27.5 Å². The van der Waals surface area contributed by atoms with Crippen LogP contribution in [0.2, 0.25) is 0 Å². The van der Waals surface area contributed by atoms with Gasteiger partial charge in [-0.05, 0) is 61.4 Å². The molecule has 0 unspecified atom stereocenters. The Morgan fingerprint density at radius 3 is 2.60 bits per heavy atom. The van der Waals surface area contributed by atoms with Gasteiger partial charge in [-0.15, -0.1) is 0 Å². The van der Waals surface area contributed by atoms with Gasteiger partial charge in [0.25, 0.3) is 15.9 Å². The smallest absolute Gasteiger partial charge is 0.261 e. The Bertz CT molecular complexity index is 1510. The number of anilines is 1. The van der Waals surface area contributed by atoms with Gasteiger partial charge < -0.3 is 19.3 Å². The lowest BCUT2D eigenvalue weighted by molar-refractivity contribution is -0.134. The van der Waals surface area contributed by atoms with E-state index in [1.165, 1.54) is 17.0 Å². The van der Waals surface area contributed by atoms with Crippen LogP contribution >= 0.6 is 0 Å². The molecule has 0 spiro atoms. The van der Waals surface area contributed by atoms with Crippen LogP contribution in [-0.4, -0.2) is 81.0 Å². The van der Waals surface area contributed by atoms with E-state index in [-0.39, 0.29) is 65.6 Å². The Morgan fingerprint density at radius 2 is 1.90 bits per heavy atom. The molecule has 3 atom stereocenters. The number of fused-ring (bicyclic) bond motifs is 1. The zero-order valence-corrected chi connectivity index (χ0v) is 25.4. The summed E-state index contributed by atoms with van der Waals surface area (Å²) < 4.78 is 40.6. The number of aryl methyl sites for hydroxylation is 1. The summed E-state index contributed by atoms with van der Waals surface area (Å²) in [5, 5.41) is 0. The van der Waals surface area contributed by atoms with Gasteiger partial charge in [0.2, 0.25) is 5.91 Å². The van der Waals surface area contributed by atoms with Crippen molar-refractivity contribution in [1.29, 1.82) is 0 Å². The van der Waals surface area contributed by atoms with Crippen molar-refractivity contribution in [3.8, 4) is 5.75 Å². The van der Waals surface area contributed by atoms with Crippen LogP contribution in [0.25, 0.3) is 0 Å². The summed E-state index contributed by atoms with van der Waals surface area (Å²) in [4.78, 5) is 34.7. The molecule has 4 rings (SSSR count). The molecule has 1 aliphatic heterocycles. The van der Waals surface area contributed by atoms with Crippen molar-refractivity contribution in [2.24, 2.45) is 5.92 Å². The van der Waals surface area contributed by atoms with E-state index >= 15 is 0 Å². The van der Waals surface area contributed by atoms with Gasteiger partial charge in [0, 0.05) is 51.2 Å². The van der Waals surface area contributed by atoms with Crippen LogP contribution in [0.3, 0.4) is 0 Å². The lowest BCUT2D eigenvalue weighted by Crippen LogP contribution is -2.49. The monoisotopic (exact) mass is 594 g/mol. The van der Waals surface area contributed by atoms with Crippen molar-refractivity contribution >= 4 is 27.5 Å². The molecule has 1 N–H and O–H groups in total. The number of rotatable bonds is 6. The van der Waals surface area contributed by atoms with E-state index in [9.17, 15) is 18.0 Å². The molecule has 3 aromatic rings. The van der Waals surface area contributed by atoms with Crippen molar-refractivity contribution in [2.45, 2.75) is 44.2 Å². The number of likely N-dealkylation sites (N-methyl/N-ethyl adjacent to an activating group) is 1. The molecule has 0 bridgehead atoms. The van der Waals surface area contributed by atoms with E-state index in [2.05, 4.69) is 9.71 Å². The predicted molar refractivity (Wildman–Crippen MR) is 160 cm³/mol. The molecule has 0 saturated heterocycles. The highest BCUT2D eigenvalue weighted by atomic mass is 32.2. The Labute approximate surface area is 247 Å². The molecule has 0 radical (unpaired) electrons. The maximum absolute atomic E-state index is 13.7. The van der Waals surface area contributed by atoms with Gasteiger partial charge in [-0.25, -0.2) is 8.42 Å². The van der Waals surface area contributed by atoms with Gasteiger partial charge in [-0.2, -0.15) is 0 Å². The summed E-state index contributed by atoms with van der Waals surface area (Å²) in [6, 6.07) is 14.5. The van der Waals surface area contributed by atoms with Crippen molar-refractivity contribution in [3.63, 3.8) is 0 Å². The molecule has 42 heavy (non-hydrogen) atoms. The Kier molecular flexibility index (Phi) is 9.85. The first kappa shape index (κ1) is 31.0. The first-order chi connectivity index (χ1) is 20.0. The number of sulfonamides is 1. The minimum atomic E-state index is -3.89. The number of benzene rings is 2. The van der Waals surface area contributed by atoms with Crippen molar-refractivity contribution in [1.82, 2.24) is 14.8 Å². The molecule has 1 aromatic heterocycles. The molecule has 10 nitrogen and oxygen atoms in total. The van der Waals surface area contributed by atoms with E-state index in [0.29, 0.717) is 12.3 Å². The number of pyridine rings is 1. The fraction of sp³-hybridized carbons (Fsp3) is 0.387. The number of aromatic nitrogens is 1. The number of carbonyl (C=O) groups is 2. The van der Waals surface area contributed by atoms with E-state index < -0.39 is 10.0 Å². The molecule has 0 saturated carbocycles. The van der Waals surface area contributed by atoms with Gasteiger partial charge >= 0.3 is 0 Å². The first-order valence-electron chi connectivity index (χ1n) is 13.8. The molecule has 0 aliphatic carbocycles. The van der Waals surface area contributed by atoms with Gasteiger partial charge in [0.1, 0.15) is 12.4 Å². The van der Waals surface area contributed by atoms with Crippen LogP contribution < -0.4 is 9.46 Å². The number of ether oxygens (including phenoxy) is 2. The highest BCUT2D eigenvalue weighted by molar-refractivity contribution is 7.92. The van der Waals surface area contributed by atoms with Crippen LogP contribution in [0.15, 0.2) is 71.9 Å². The quantitative estimate of drug-likeness (QED) is 0.462. The van der Waals surface area contributed by atoms with Gasteiger partial charge in [-0.3, -0.25) is 19.3 Å². The predicted octanol–water partition coefficient (Wildman–Crippen LogP) is 3.77. The maximum atomic E-state index is 13.7. The average Bonchev–Trinajstić information content (AvgIpc) is 2.97. The number of hydrogen-bond acceptors (Lipinski definition) is 7. The van der Waals surface area contributed by atoms with E-state index in [0.717, 1.165) is 11.1 Å². The fourth-order valence-corrected chi connectivity index (χ4v) is 6.12. The zero-order chi connectivity index (χ0) is 30.4. The molecule has 0 fully saturated rings. The zero-order valence-electron chi connectivity index (χ0n) is 24.6. The fourth-order valence-electron chi connectivity index (χ4n) is 4.96. The summed E-state index contributed by atoms with van der Waals surface area (Å²) >= 11 is 0. The number of hydrogen-bond donors (Lipinski definition) is 1.